The molecule has 0 unspecified atom stereocenters. The van der Waals surface area contributed by atoms with Crippen LogP contribution in [0.25, 0.3) is 21.8 Å². The molecule has 5 rings (SSSR count). The molecule has 0 radical (unpaired) electrons. The number of para-hydroxylation sites is 2. The summed E-state index contributed by atoms with van der Waals surface area (Å²) in [5.41, 5.74) is 8.06. The minimum absolute atomic E-state index is 0.127. The minimum Gasteiger partial charge on any atom is -0.354 e. The summed E-state index contributed by atoms with van der Waals surface area (Å²) in [7, 11) is 2.02. The van der Waals surface area contributed by atoms with Gasteiger partial charge in [0, 0.05) is 34.6 Å². The molecule has 1 N–H and O–H groups in total. The van der Waals surface area contributed by atoms with Crippen molar-refractivity contribution in [2.75, 3.05) is 12.1 Å². The predicted octanol–water partition coefficient (Wildman–Crippen LogP) is 5.84. The maximum Gasteiger partial charge on any atom is 0.0726 e. The van der Waals surface area contributed by atoms with Crippen molar-refractivity contribution in [1.29, 1.82) is 0 Å². The van der Waals surface area contributed by atoms with Crippen LogP contribution in [0.1, 0.15) is 37.2 Å². The summed E-state index contributed by atoms with van der Waals surface area (Å²) in [4.78, 5) is 8.75. The summed E-state index contributed by atoms with van der Waals surface area (Å²) in [6.07, 6.45) is 1.88. The van der Waals surface area contributed by atoms with Crippen LogP contribution in [0, 0.1) is 12.3 Å². The van der Waals surface area contributed by atoms with E-state index in [0.717, 1.165) is 41.1 Å². The van der Waals surface area contributed by atoms with E-state index in [0.29, 0.717) is 0 Å². The number of pyridine rings is 1. The summed E-state index contributed by atoms with van der Waals surface area (Å²) in [5.74, 6) is 0. The zero-order valence-electron chi connectivity index (χ0n) is 17.5. The fourth-order valence-corrected chi connectivity index (χ4v) is 4.63. The Bertz CT molecular complexity index is 1250. The van der Waals surface area contributed by atoms with Crippen molar-refractivity contribution in [3.63, 3.8) is 0 Å². The Balaban J connectivity index is 1.78. The number of aromatic amines is 1. The van der Waals surface area contributed by atoms with Gasteiger partial charge in [-0.15, -0.1) is 0 Å². The third-order valence-corrected chi connectivity index (χ3v) is 5.89. The van der Waals surface area contributed by atoms with Gasteiger partial charge < -0.3 is 4.98 Å². The monoisotopic (exact) mass is 382 g/mol. The summed E-state index contributed by atoms with van der Waals surface area (Å²) >= 11 is 0. The molecular formula is C25H26N4. The van der Waals surface area contributed by atoms with Crippen molar-refractivity contribution < 1.29 is 0 Å². The average molecular weight is 383 g/mol. The molecular weight excluding hydrogens is 356 g/mol. The molecule has 1 aliphatic carbocycles. The molecule has 29 heavy (non-hydrogen) atoms. The number of rotatable bonds is 2. The number of hydrogen-bond donors (Lipinski definition) is 1. The highest BCUT2D eigenvalue weighted by molar-refractivity contribution is 6.18. The largest absolute Gasteiger partial charge is 0.354 e. The average Bonchev–Trinajstić information content (AvgIpc) is 3.07. The molecule has 0 fully saturated rings. The first-order chi connectivity index (χ1) is 13.9. The van der Waals surface area contributed by atoms with E-state index in [4.69, 9.17) is 10.1 Å². The molecule has 2 aromatic carbocycles. The Morgan fingerprint density at radius 2 is 1.72 bits per heavy atom. The zero-order chi connectivity index (χ0) is 20.2. The SMILES string of the molecule is Cc1nc2c(c3[nH]c4ccccc4c13)/C(=N/N(C)c1ccccc1)CC(C)(C)C2. The van der Waals surface area contributed by atoms with Crippen molar-refractivity contribution in [3.05, 3.63) is 71.5 Å². The van der Waals surface area contributed by atoms with Gasteiger partial charge in [-0.2, -0.15) is 5.10 Å². The van der Waals surface area contributed by atoms with Gasteiger partial charge in [-0.1, -0.05) is 50.2 Å². The van der Waals surface area contributed by atoms with E-state index in [1.165, 1.54) is 21.9 Å². The van der Waals surface area contributed by atoms with E-state index in [9.17, 15) is 0 Å². The number of nitrogens with zero attached hydrogens (tertiary/aromatic N) is 3. The van der Waals surface area contributed by atoms with Crippen LogP contribution in [0.15, 0.2) is 59.7 Å². The standard InChI is InChI=1S/C25H26N4/c1-16-22-18-12-8-9-13-19(18)27-24(22)23-20(26-16)14-25(2,3)15-21(23)28-29(4)17-10-6-5-7-11-17/h5-13,27H,14-15H2,1-4H3/b28-21+. The molecule has 2 heterocycles. The van der Waals surface area contributed by atoms with Crippen molar-refractivity contribution in [2.24, 2.45) is 10.5 Å². The molecule has 0 atom stereocenters. The summed E-state index contributed by atoms with van der Waals surface area (Å²) in [6.45, 7) is 6.73. The second-order valence-corrected chi connectivity index (χ2v) is 8.86. The van der Waals surface area contributed by atoms with Crippen LogP contribution in [0.2, 0.25) is 0 Å². The van der Waals surface area contributed by atoms with Gasteiger partial charge in [0.2, 0.25) is 0 Å². The Morgan fingerprint density at radius 3 is 2.52 bits per heavy atom. The molecule has 2 aromatic heterocycles. The first-order valence-electron chi connectivity index (χ1n) is 10.2. The molecule has 4 nitrogen and oxygen atoms in total. The van der Waals surface area contributed by atoms with Crippen molar-refractivity contribution in [1.82, 2.24) is 9.97 Å². The van der Waals surface area contributed by atoms with E-state index in [1.54, 1.807) is 0 Å². The van der Waals surface area contributed by atoms with Crippen molar-refractivity contribution in [3.8, 4) is 0 Å². The number of aryl methyl sites for hydroxylation is 1. The fraction of sp³-hybridized carbons (Fsp3) is 0.280. The Labute approximate surface area is 171 Å². The lowest BCUT2D eigenvalue weighted by Gasteiger charge is -2.33. The smallest absolute Gasteiger partial charge is 0.0726 e. The molecule has 0 amide bonds. The van der Waals surface area contributed by atoms with Crippen LogP contribution < -0.4 is 5.01 Å². The van der Waals surface area contributed by atoms with E-state index in [2.05, 4.69) is 62.2 Å². The van der Waals surface area contributed by atoms with Gasteiger partial charge in [-0.05, 0) is 43.4 Å². The summed E-state index contributed by atoms with van der Waals surface area (Å²) in [5, 5.41) is 9.51. The third-order valence-electron chi connectivity index (χ3n) is 5.89. The Morgan fingerprint density at radius 1 is 1.00 bits per heavy atom. The predicted molar refractivity (Wildman–Crippen MR) is 122 cm³/mol. The van der Waals surface area contributed by atoms with E-state index in [1.807, 2.05) is 30.3 Å². The van der Waals surface area contributed by atoms with Gasteiger partial charge in [-0.3, -0.25) is 9.99 Å². The van der Waals surface area contributed by atoms with Crippen molar-refractivity contribution in [2.45, 2.75) is 33.6 Å². The first kappa shape index (κ1) is 17.9. The number of aromatic nitrogens is 2. The van der Waals surface area contributed by atoms with Crippen LogP contribution in [0.5, 0.6) is 0 Å². The number of anilines is 1. The number of benzene rings is 2. The molecule has 1 aliphatic rings. The number of hydrogen-bond acceptors (Lipinski definition) is 3. The van der Waals surface area contributed by atoms with Crippen molar-refractivity contribution >= 4 is 33.2 Å². The lowest BCUT2D eigenvalue weighted by Crippen LogP contribution is -2.30. The number of nitrogens with one attached hydrogen (secondary N) is 1. The highest BCUT2D eigenvalue weighted by atomic mass is 15.4. The van der Waals surface area contributed by atoms with Crippen LogP contribution in [0.3, 0.4) is 0 Å². The minimum atomic E-state index is 0.127. The number of fused-ring (bicyclic) bond motifs is 5. The van der Waals surface area contributed by atoms with Gasteiger partial charge >= 0.3 is 0 Å². The molecule has 4 heteroatoms. The van der Waals surface area contributed by atoms with Gasteiger partial charge in [0.25, 0.3) is 0 Å². The molecule has 0 spiro atoms. The number of H-pyrrole nitrogens is 1. The maximum absolute atomic E-state index is 5.08. The second-order valence-electron chi connectivity index (χ2n) is 8.86. The maximum atomic E-state index is 5.08. The quantitative estimate of drug-likeness (QED) is 0.443. The van der Waals surface area contributed by atoms with E-state index in [-0.39, 0.29) is 5.41 Å². The van der Waals surface area contributed by atoms with Gasteiger partial charge in [0.1, 0.15) is 0 Å². The van der Waals surface area contributed by atoms with Gasteiger partial charge in [0.15, 0.2) is 0 Å². The van der Waals surface area contributed by atoms with Crippen LogP contribution in [-0.2, 0) is 6.42 Å². The molecule has 4 aromatic rings. The second kappa shape index (κ2) is 6.45. The highest BCUT2D eigenvalue weighted by Gasteiger charge is 2.33. The van der Waals surface area contributed by atoms with Gasteiger partial charge in [-0.25, -0.2) is 0 Å². The van der Waals surface area contributed by atoms with E-state index < -0.39 is 0 Å². The van der Waals surface area contributed by atoms with Gasteiger partial charge in [0.05, 0.1) is 22.6 Å². The molecule has 0 saturated carbocycles. The summed E-state index contributed by atoms with van der Waals surface area (Å²) < 4.78 is 0. The summed E-state index contributed by atoms with van der Waals surface area (Å²) in [6, 6.07) is 18.8. The lowest BCUT2D eigenvalue weighted by molar-refractivity contribution is 0.367. The molecule has 146 valence electrons. The lowest BCUT2D eigenvalue weighted by atomic mass is 9.74. The zero-order valence-corrected chi connectivity index (χ0v) is 17.5. The fourth-order valence-electron chi connectivity index (χ4n) is 4.63. The molecule has 0 saturated heterocycles. The van der Waals surface area contributed by atoms with Crippen LogP contribution in [-0.4, -0.2) is 22.7 Å². The topological polar surface area (TPSA) is 44.3 Å². The first-order valence-corrected chi connectivity index (χ1v) is 10.2. The number of hydrazone groups is 1. The Hall–Kier alpha value is -3.14. The van der Waals surface area contributed by atoms with Crippen LogP contribution in [0.4, 0.5) is 5.69 Å². The Kier molecular flexibility index (Phi) is 3.98. The van der Waals surface area contributed by atoms with E-state index >= 15 is 0 Å². The molecule has 0 aliphatic heterocycles. The molecule has 0 bridgehead atoms. The van der Waals surface area contributed by atoms with Crippen LogP contribution >= 0.6 is 0 Å². The third kappa shape index (κ3) is 3.00. The normalized spacial score (nSPS) is 17.0. The highest BCUT2D eigenvalue weighted by Crippen LogP contribution is 2.40.